The second-order valence-corrected chi connectivity index (χ2v) is 6.51. The van der Waals surface area contributed by atoms with E-state index in [1.807, 2.05) is 0 Å². The average Bonchev–Trinajstić information content (AvgIpc) is 2.42. The number of hydrogen-bond acceptors (Lipinski definition) is 2. The van der Waals surface area contributed by atoms with Crippen molar-refractivity contribution in [3.63, 3.8) is 0 Å². The number of alkyl halides is 1. The van der Waals surface area contributed by atoms with Crippen molar-refractivity contribution in [3.05, 3.63) is 27.2 Å². The molecule has 1 heterocycles. The molecule has 106 valence electrons. The molecule has 0 aliphatic carbocycles. The number of benzene rings is 1. The largest absolute Gasteiger partial charge is 0.491 e. The summed E-state index contributed by atoms with van der Waals surface area (Å²) >= 11 is 21.5. The molecule has 2 rings (SSSR count). The molecule has 0 radical (unpaired) electrons. The smallest absolute Gasteiger partial charge is 0.139 e. The molecule has 1 aliphatic rings. The van der Waals surface area contributed by atoms with Crippen molar-refractivity contribution in [3.8, 4) is 5.75 Å². The van der Waals surface area contributed by atoms with Crippen molar-refractivity contribution in [2.24, 2.45) is 5.41 Å². The van der Waals surface area contributed by atoms with Crippen LogP contribution in [0.5, 0.6) is 5.75 Å². The topological polar surface area (TPSA) is 18.5 Å². The minimum absolute atomic E-state index is 0.0910. The van der Waals surface area contributed by atoms with Gasteiger partial charge in [-0.15, -0.1) is 0 Å². The molecular weight excluding hydrogens is 374 g/mol. The zero-order valence-electron chi connectivity index (χ0n) is 10.2. The molecule has 1 fully saturated rings. The Morgan fingerprint density at radius 2 is 1.74 bits per heavy atom. The Kier molecular flexibility index (Phi) is 5.67. The zero-order chi connectivity index (χ0) is 13.9. The average molecular weight is 389 g/mol. The maximum atomic E-state index is 6.10. The van der Waals surface area contributed by atoms with Crippen LogP contribution in [0.4, 0.5) is 0 Å². The van der Waals surface area contributed by atoms with E-state index in [4.69, 9.17) is 44.3 Å². The molecule has 0 bridgehead atoms. The first-order chi connectivity index (χ1) is 9.06. The highest BCUT2D eigenvalue weighted by atomic mass is 79.9. The van der Waals surface area contributed by atoms with E-state index < -0.39 is 0 Å². The van der Waals surface area contributed by atoms with Crippen LogP contribution in [0.1, 0.15) is 12.8 Å². The Bertz CT molecular complexity index is 448. The van der Waals surface area contributed by atoms with Crippen molar-refractivity contribution in [2.75, 3.05) is 25.2 Å². The second-order valence-electron chi connectivity index (χ2n) is 4.73. The monoisotopic (exact) mass is 386 g/mol. The normalized spacial score (nSPS) is 18.3. The lowest BCUT2D eigenvalue weighted by molar-refractivity contribution is 0.00357. The van der Waals surface area contributed by atoms with E-state index >= 15 is 0 Å². The third-order valence-electron chi connectivity index (χ3n) is 3.35. The molecule has 6 heteroatoms. The number of hydrogen-bond donors (Lipinski definition) is 0. The molecule has 0 saturated carbocycles. The third-order valence-corrected chi connectivity index (χ3v) is 5.55. The molecule has 0 atom stereocenters. The summed E-state index contributed by atoms with van der Waals surface area (Å²) in [7, 11) is 0. The van der Waals surface area contributed by atoms with Crippen LogP contribution < -0.4 is 4.74 Å². The van der Waals surface area contributed by atoms with Gasteiger partial charge in [-0.25, -0.2) is 0 Å². The maximum absolute atomic E-state index is 6.10. The predicted molar refractivity (Wildman–Crippen MR) is 83.2 cm³/mol. The van der Waals surface area contributed by atoms with E-state index in [1.54, 1.807) is 12.1 Å². The summed E-state index contributed by atoms with van der Waals surface area (Å²) in [5.41, 5.74) is 0.0910. The van der Waals surface area contributed by atoms with Gasteiger partial charge in [0.15, 0.2) is 0 Å². The maximum Gasteiger partial charge on any atom is 0.139 e. The molecule has 0 N–H and O–H groups in total. The highest BCUT2D eigenvalue weighted by Crippen LogP contribution is 2.37. The fraction of sp³-hybridized carbons (Fsp3) is 0.538. The van der Waals surface area contributed by atoms with Crippen LogP contribution in [0.2, 0.25) is 15.1 Å². The lowest BCUT2D eigenvalue weighted by atomic mass is 9.83. The van der Waals surface area contributed by atoms with E-state index in [1.165, 1.54) is 0 Å². The Morgan fingerprint density at radius 1 is 1.11 bits per heavy atom. The predicted octanol–water partition coefficient (Wildman–Crippen LogP) is 5.22. The van der Waals surface area contributed by atoms with Crippen LogP contribution in [-0.4, -0.2) is 25.2 Å². The number of halogens is 4. The second kappa shape index (κ2) is 6.86. The van der Waals surface area contributed by atoms with Gasteiger partial charge in [-0.3, -0.25) is 0 Å². The molecule has 0 amide bonds. The lowest BCUT2D eigenvalue weighted by Crippen LogP contribution is -2.36. The van der Waals surface area contributed by atoms with Gasteiger partial charge in [0.2, 0.25) is 0 Å². The zero-order valence-corrected chi connectivity index (χ0v) is 14.1. The summed E-state index contributed by atoms with van der Waals surface area (Å²) in [6, 6.07) is 3.26. The summed E-state index contributed by atoms with van der Waals surface area (Å²) in [5.74, 6) is 0.572. The van der Waals surface area contributed by atoms with Crippen LogP contribution in [0.15, 0.2) is 12.1 Å². The van der Waals surface area contributed by atoms with Crippen molar-refractivity contribution in [1.29, 1.82) is 0 Å². The fourth-order valence-electron chi connectivity index (χ4n) is 1.97. The van der Waals surface area contributed by atoms with Crippen LogP contribution in [0.25, 0.3) is 0 Å². The number of rotatable bonds is 4. The quantitative estimate of drug-likeness (QED) is 0.520. The first-order valence-electron chi connectivity index (χ1n) is 5.97. The summed E-state index contributed by atoms with van der Waals surface area (Å²) in [6.07, 6.45) is 1.94. The van der Waals surface area contributed by atoms with Gasteiger partial charge in [0.05, 0.1) is 21.7 Å². The SMILES string of the molecule is Clc1cc(Cl)c(OCC2(CBr)CCOCC2)cc1Cl. The minimum Gasteiger partial charge on any atom is -0.491 e. The molecule has 0 unspecified atom stereocenters. The van der Waals surface area contributed by atoms with Gasteiger partial charge in [-0.05, 0) is 18.9 Å². The van der Waals surface area contributed by atoms with Gasteiger partial charge in [0.25, 0.3) is 0 Å². The Morgan fingerprint density at radius 3 is 2.37 bits per heavy atom. The van der Waals surface area contributed by atoms with Gasteiger partial charge in [0.1, 0.15) is 5.75 Å². The summed E-state index contributed by atoms with van der Waals surface area (Å²) in [6.45, 7) is 2.12. The molecule has 19 heavy (non-hydrogen) atoms. The summed E-state index contributed by atoms with van der Waals surface area (Å²) < 4.78 is 11.2. The van der Waals surface area contributed by atoms with Crippen molar-refractivity contribution < 1.29 is 9.47 Å². The van der Waals surface area contributed by atoms with E-state index in [9.17, 15) is 0 Å². The molecule has 2 nitrogen and oxygen atoms in total. The minimum atomic E-state index is 0.0910. The Hall–Kier alpha value is 0.330. The first-order valence-corrected chi connectivity index (χ1v) is 8.23. The summed E-state index contributed by atoms with van der Waals surface area (Å²) in [5, 5.41) is 2.23. The van der Waals surface area contributed by atoms with E-state index in [-0.39, 0.29) is 5.41 Å². The van der Waals surface area contributed by atoms with Crippen LogP contribution in [0.3, 0.4) is 0 Å². The van der Waals surface area contributed by atoms with E-state index in [0.717, 1.165) is 31.4 Å². The Labute approximate surface area is 136 Å². The van der Waals surface area contributed by atoms with Crippen LogP contribution in [-0.2, 0) is 4.74 Å². The molecule has 1 aromatic carbocycles. The van der Waals surface area contributed by atoms with Gasteiger partial charge in [-0.2, -0.15) is 0 Å². The molecule has 1 saturated heterocycles. The number of ether oxygens (including phenoxy) is 2. The Balaban J connectivity index is 2.07. The van der Waals surface area contributed by atoms with Crippen LogP contribution >= 0.6 is 50.7 Å². The van der Waals surface area contributed by atoms with Gasteiger partial charge in [0, 0.05) is 30.0 Å². The van der Waals surface area contributed by atoms with E-state index in [0.29, 0.717) is 27.4 Å². The van der Waals surface area contributed by atoms with Crippen molar-refractivity contribution in [2.45, 2.75) is 12.8 Å². The third kappa shape index (κ3) is 3.92. The van der Waals surface area contributed by atoms with Gasteiger partial charge < -0.3 is 9.47 Å². The summed E-state index contributed by atoms with van der Waals surface area (Å²) in [4.78, 5) is 0. The molecule has 1 aliphatic heterocycles. The van der Waals surface area contributed by atoms with Gasteiger partial charge in [-0.1, -0.05) is 50.7 Å². The molecule has 0 aromatic heterocycles. The highest BCUT2D eigenvalue weighted by molar-refractivity contribution is 9.09. The molecular formula is C13H14BrCl3O2. The fourth-order valence-corrected chi connectivity index (χ4v) is 3.28. The molecule has 0 spiro atoms. The van der Waals surface area contributed by atoms with Gasteiger partial charge >= 0.3 is 0 Å². The molecule has 1 aromatic rings. The standard InChI is InChI=1S/C13H14BrCl3O2/c14-7-13(1-3-18-4-2-13)8-19-12-6-10(16)9(15)5-11(12)17/h5-6H,1-4,7-8H2. The highest BCUT2D eigenvalue weighted by Gasteiger charge is 2.32. The lowest BCUT2D eigenvalue weighted by Gasteiger charge is -2.35. The van der Waals surface area contributed by atoms with Crippen LogP contribution in [0, 0.1) is 5.41 Å². The first kappa shape index (κ1) is 15.7. The van der Waals surface area contributed by atoms with Crippen molar-refractivity contribution >= 4 is 50.7 Å². The van der Waals surface area contributed by atoms with E-state index in [2.05, 4.69) is 15.9 Å². The van der Waals surface area contributed by atoms with Crippen molar-refractivity contribution in [1.82, 2.24) is 0 Å².